The van der Waals surface area contributed by atoms with Crippen LogP contribution in [0.1, 0.15) is 33.1 Å². The largest absolute Gasteiger partial charge is 0.399 e. The van der Waals surface area contributed by atoms with Gasteiger partial charge in [0.15, 0.2) is 0 Å². The summed E-state index contributed by atoms with van der Waals surface area (Å²) in [5.41, 5.74) is 8.72. The highest BCUT2D eigenvalue weighted by Gasteiger charge is 2.12. The Morgan fingerprint density at radius 2 is 2.11 bits per heavy atom. The SMILES string of the molecule is C=C(CCCNCCC)/C(=C\C(N)=C/C)C(=O)NO. The molecule has 0 aromatic carbocycles. The summed E-state index contributed by atoms with van der Waals surface area (Å²) >= 11 is 0. The van der Waals surface area contributed by atoms with E-state index >= 15 is 0 Å². The van der Waals surface area contributed by atoms with Gasteiger partial charge < -0.3 is 11.1 Å². The fraction of sp³-hybridized carbons (Fsp3) is 0.500. The molecule has 0 radical (unpaired) electrons. The molecule has 19 heavy (non-hydrogen) atoms. The minimum atomic E-state index is -0.587. The molecule has 5 N–H and O–H groups in total. The highest BCUT2D eigenvalue weighted by molar-refractivity contribution is 5.97. The summed E-state index contributed by atoms with van der Waals surface area (Å²) in [5.74, 6) is -0.587. The molecule has 5 nitrogen and oxygen atoms in total. The molecular weight excluding hydrogens is 242 g/mol. The average molecular weight is 267 g/mol. The van der Waals surface area contributed by atoms with Crippen LogP contribution in [0, 0.1) is 0 Å². The quantitative estimate of drug-likeness (QED) is 0.168. The summed E-state index contributed by atoms with van der Waals surface area (Å²) in [5, 5.41) is 12.0. The van der Waals surface area contributed by atoms with Crippen molar-refractivity contribution < 1.29 is 10.0 Å². The predicted octanol–water partition coefficient (Wildman–Crippen LogP) is 1.62. The maximum absolute atomic E-state index is 11.6. The van der Waals surface area contributed by atoms with E-state index in [-0.39, 0.29) is 0 Å². The lowest BCUT2D eigenvalue weighted by Gasteiger charge is -2.10. The molecule has 0 heterocycles. The molecule has 0 saturated heterocycles. The standard InChI is InChI=1S/C14H25N3O2/c1-4-8-16-9-6-7-11(3)13(14(18)17-19)10-12(15)5-2/h5,10,16,19H,3-4,6-9,15H2,1-2H3,(H,17,18)/b12-5+,13-10+. The predicted molar refractivity (Wildman–Crippen MR) is 77.5 cm³/mol. The number of rotatable bonds is 9. The number of hydrogen-bond donors (Lipinski definition) is 4. The highest BCUT2D eigenvalue weighted by atomic mass is 16.5. The molecule has 0 aliphatic carbocycles. The van der Waals surface area contributed by atoms with Crippen molar-refractivity contribution in [3.63, 3.8) is 0 Å². The minimum absolute atomic E-state index is 0.314. The van der Waals surface area contributed by atoms with Gasteiger partial charge in [-0.25, -0.2) is 5.48 Å². The van der Waals surface area contributed by atoms with Crippen LogP contribution in [0.3, 0.4) is 0 Å². The van der Waals surface area contributed by atoms with Crippen LogP contribution in [0.15, 0.2) is 35.6 Å². The lowest BCUT2D eigenvalue weighted by molar-refractivity contribution is -0.125. The van der Waals surface area contributed by atoms with Crippen molar-refractivity contribution in [1.82, 2.24) is 10.8 Å². The van der Waals surface area contributed by atoms with E-state index < -0.39 is 5.91 Å². The first kappa shape index (κ1) is 17.4. The van der Waals surface area contributed by atoms with E-state index in [0.717, 1.165) is 25.9 Å². The maximum Gasteiger partial charge on any atom is 0.274 e. The van der Waals surface area contributed by atoms with Gasteiger partial charge in [-0.3, -0.25) is 10.0 Å². The lowest BCUT2D eigenvalue weighted by Crippen LogP contribution is -2.23. The van der Waals surface area contributed by atoms with Gasteiger partial charge in [-0.15, -0.1) is 0 Å². The van der Waals surface area contributed by atoms with Gasteiger partial charge in [0.2, 0.25) is 0 Å². The van der Waals surface area contributed by atoms with E-state index in [1.165, 1.54) is 6.08 Å². The third-order valence-electron chi connectivity index (χ3n) is 2.63. The number of nitrogens with two attached hydrogens (primary N) is 1. The van der Waals surface area contributed by atoms with Crippen LogP contribution >= 0.6 is 0 Å². The van der Waals surface area contributed by atoms with Gasteiger partial charge in [0.1, 0.15) is 0 Å². The molecular formula is C14H25N3O2. The van der Waals surface area contributed by atoms with Crippen LogP contribution in [-0.4, -0.2) is 24.2 Å². The third-order valence-corrected chi connectivity index (χ3v) is 2.63. The average Bonchev–Trinajstić information content (AvgIpc) is 2.43. The lowest BCUT2D eigenvalue weighted by atomic mass is 10.0. The van der Waals surface area contributed by atoms with Crippen molar-refractivity contribution >= 4 is 5.91 Å². The fourth-order valence-corrected chi connectivity index (χ4v) is 1.50. The van der Waals surface area contributed by atoms with Crippen LogP contribution in [0.25, 0.3) is 0 Å². The Hall–Kier alpha value is -1.59. The molecule has 0 aliphatic rings. The summed E-state index contributed by atoms with van der Waals surface area (Å²) in [7, 11) is 0. The minimum Gasteiger partial charge on any atom is -0.399 e. The van der Waals surface area contributed by atoms with Gasteiger partial charge in [-0.2, -0.15) is 0 Å². The first-order valence-corrected chi connectivity index (χ1v) is 6.53. The first-order valence-electron chi connectivity index (χ1n) is 6.53. The highest BCUT2D eigenvalue weighted by Crippen LogP contribution is 2.15. The number of hydroxylamine groups is 1. The van der Waals surface area contributed by atoms with Gasteiger partial charge in [0, 0.05) is 11.3 Å². The Morgan fingerprint density at radius 3 is 2.63 bits per heavy atom. The number of allylic oxidation sites excluding steroid dienone is 2. The van der Waals surface area contributed by atoms with Crippen molar-refractivity contribution in [1.29, 1.82) is 0 Å². The molecule has 0 spiro atoms. The Kier molecular flexibility index (Phi) is 9.48. The molecule has 0 rings (SSSR count). The van der Waals surface area contributed by atoms with Gasteiger partial charge >= 0.3 is 0 Å². The number of carbonyl (C=O) groups is 1. The van der Waals surface area contributed by atoms with E-state index in [4.69, 9.17) is 10.9 Å². The molecule has 0 fully saturated rings. The smallest absolute Gasteiger partial charge is 0.274 e. The van der Waals surface area contributed by atoms with Gasteiger partial charge in [-0.1, -0.05) is 19.6 Å². The van der Waals surface area contributed by atoms with Gasteiger partial charge in [0.05, 0.1) is 0 Å². The summed E-state index contributed by atoms with van der Waals surface area (Å²) in [6.45, 7) is 9.62. The van der Waals surface area contributed by atoms with Gasteiger partial charge in [0.25, 0.3) is 5.91 Å². The van der Waals surface area contributed by atoms with Crippen LogP contribution in [0.4, 0.5) is 0 Å². The molecule has 0 aromatic heterocycles. The second kappa shape index (κ2) is 10.3. The summed E-state index contributed by atoms with van der Waals surface area (Å²) < 4.78 is 0. The topological polar surface area (TPSA) is 87.4 Å². The number of nitrogens with one attached hydrogen (secondary N) is 2. The summed E-state index contributed by atoms with van der Waals surface area (Å²) in [4.78, 5) is 11.6. The van der Waals surface area contributed by atoms with E-state index in [9.17, 15) is 4.79 Å². The first-order chi connectivity index (χ1) is 9.06. The van der Waals surface area contributed by atoms with E-state index in [1.54, 1.807) is 18.5 Å². The van der Waals surface area contributed by atoms with E-state index in [1.807, 2.05) is 0 Å². The zero-order valence-electron chi connectivity index (χ0n) is 11.8. The Labute approximate surface area is 115 Å². The zero-order valence-corrected chi connectivity index (χ0v) is 11.8. The Balaban J connectivity index is 4.49. The van der Waals surface area contributed by atoms with Crippen molar-refractivity contribution in [2.75, 3.05) is 13.1 Å². The van der Waals surface area contributed by atoms with Crippen molar-refractivity contribution in [2.24, 2.45) is 5.73 Å². The number of carbonyl (C=O) groups excluding carboxylic acids is 1. The molecule has 0 saturated carbocycles. The second-order valence-corrected chi connectivity index (χ2v) is 4.24. The molecule has 108 valence electrons. The summed E-state index contributed by atoms with van der Waals surface area (Å²) in [6.07, 6.45) is 5.85. The molecule has 1 amide bonds. The molecule has 0 unspecified atom stereocenters. The van der Waals surface area contributed by atoms with Crippen molar-refractivity contribution in [3.8, 4) is 0 Å². The molecule has 5 heteroatoms. The van der Waals surface area contributed by atoms with E-state index in [2.05, 4.69) is 18.8 Å². The molecule has 0 atom stereocenters. The third kappa shape index (κ3) is 7.43. The maximum atomic E-state index is 11.6. The number of amides is 1. The molecule has 0 bridgehead atoms. The van der Waals surface area contributed by atoms with Crippen LogP contribution in [0.5, 0.6) is 0 Å². The normalized spacial score (nSPS) is 12.4. The van der Waals surface area contributed by atoms with E-state index in [0.29, 0.717) is 23.3 Å². The second-order valence-electron chi connectivity index (χ2n) is 4.24. The monoisotopic (exact) mass is 267 g/mol. The Morgan fingerprint density at radius 1 is 1.42 bits per heavy atom. The Bertz CT molecular complexity index is 360. The summed E-state index contributed by atoms with van der Waals surface area (Å²) in [6, 6.07) is 0. The fourth-order valence-electron chi connectivity index (χ4n) is 1.50. The van der Waals surface area contributed by atoms with Gasteiger partial charge in [-0.05, 0) is 50.9 Å². The van der Waals surface area contributed by atoms with Crippen molar-refractivity contribution in [3.05, 3.63) is 35.6 Å². The zero-order chi connectivity index (χ0) is 14.7. The van der Waals surface area contributed by atoms with Crippen LogP contribution in [-0.2, 0) is 4.79 Å². The van der Waals surface area contributed by atoms with Crippen molar-refractivity contribution in [2.45, 2.75) is 33.1 Å². The molecule has 0 aliphatic heterocycles. The van der Waals surface area contributed by atoms with Crippen LogP contribution < -0.4 is 16.5 Å². The van der Waals surface area contributed by atoms with Crippen LogP contribution in [0.2, 0.25) is 0 Å². The molecule has 0 aromatic rings. The number of hydrogen-bond acceptors (Lipinski definition) is 4.